The number of ether oxygens (including phenoxy) is 1. The maximum absolute atomic E-state index is 11.5. The lowest BCUT2D eigenvalue weighted by Gasteiger charge is -2.11. The summed E-state index contributed by atoms with van der Waals surface area (Å²) in [6.07, 6.45) is 3.64. The second kappa shape index (κ2) is 9.01. The summed E-state index contributed by atoms with van der Waals surface area (Å²) >= 11 is 0. The van der Waals surface area contributed by atoms with Gasteiger partial charge in [0.2, 0.25) is 5.76 Å². The van der Waals surface area contributed by atoms with Crippen molar-refractivity contribution in [2.75, 3.05) is 12.4 Å². The Hall–Kier alpha value is -4.31. The molecule has 4 aromatic rings. The van der Waals surface area contributed by atoms with E-state index in [1.54, 1.807) is 18.5 Å². The average Bonchev–Trinajstić information content (AvgIpc) is 3.48. The largest absolute Gasteiger partial charge is 0.463 e. The van der Waals surface area contributed by atoms with Crippen molar-refractivity contribution in [3.63, 3.8) is 0 Å². The van der Waals surface area contributed by atoms with Crippen molar-refractivity contribution in [3.8, 4) is 17.4 Å². The molecule has 154 valence electrons. The van der Waals surface area contributed by atoms with Crippen molar-refractivity contribution in [1.82, 2.24) is 9.55 Å². The molecule has 7 heteroatoms. The van der Waals surface area contributed by atoms with Gasteiger partial charge < -0.3 is 19.0 Å². The Morgan fingerprint density at radius 2 is 1.90 bits per heavy atom. The number of methoxy groups -OCH3 is 1. The van der Waals surface area contributed by atoms with Gasteiger partial charge in [0.1, 0.15) is 5.76 Å². The summed E-state index contributed by atoms with van der Waals surface area (Å²) in [6, 6.07) is 20.8. The summed E-state index contributed by atoms with van der Waals surface area (Å²) in [7, 11) is 1.32. The summed E-state index contributed by atoms with van der Waals surface area (Å²) in [6.45, 7) is 1.30. The van der Waals surface area contributed by atoms with E-state index in [0.717, 1.165) is 22.5 Å². The van der Waals surface area contributed by atoms with Gasteiger partial charge >= 0.3 is 5.97 Å². The molecule has 0 saturated heterocycles. The first-order valence-electron chi connectivity index (χ1n) is 9.67. The van der Waals surface area contributed by atoms with E-state index in [-0.39, 0.29) is 5.76 Å². The van der Waals surface area contributed by atoms with Crippen LogP contribution in [0.3, 0.4) is 0 Å². The molecule has 0 atom stereocenters. The molecule has 0 aliphatic heterocycles. The molecule has 0 amide bonds. The second-order valence-electron chi connectivity index (χ2n) is 6.91. The first kappa shape index (κ1) is 20.0. The van der Waals surface area contributed by atoms with Crippen LogP contribution < -0.4 is 5.32 Å². The van der Waals surface area contributed by atoms with E-state index < -0.39 is 5.97 Å². The highest BCUT2D eigenvalue weighted by molar-refractivity contribution is 5.87. The molecule has 2 heterocycles. The lowest BCUT2D eigenvalue weighted by atomic mass is 10.1. The molecule has 0 aliphatic rings. The van der Waals surface area contributed by atoms with Gasteiger partial charge in [-0.3, -0.25) is 0 Å². The monoisotopic (exact) mass is 412 g/mol. The van der Waals surface area contributed by atoms with Crippen LogP contribution >= 0.6 is 0 Å². The number of aromatic nitrogens is 2. The zero-order chi connectivity index (χ0) is 21.6. The van der Waals surface area contributed by atoms with E-state index in [0.29, 0.717) is 24.4 Å². The minimum absolute atomic E-state index is 0.176. The third-order valence-electron chi connectivity index (χ3n) is 4.87. The van der Waals surface area contributed by atoms with Crippen molar-refractivity contribution in [1.29, 1.82) is 5.26 Å². The Labute approximate surface area is 179 Å². The molecule has 2 aromatic heterocycles. The minimum Gasteiger partial charge on any atom is -0.463 e. The Morgan fingerprint density at radius 3 is 2.61 bits per heavy atom. The molecule has 0 saturated carbocycles. The normalized spacial score (nSPS) is 10.5. The number of hydrogen-bond donors (Lipinski definition) is 1. The SMILES string of the molecule is COC(=O)c1ccc(-c2ccc(NCc3cncn3Cc3ccc(C#N)cc3)cc2)o1. The van der Waals surface area contributed by atoms with Crippen LogP contribution in [0, 0.1) is 11.3 Å². The fraction of sp³-hybridized carbons (Fsp3) is 0.125. The predicted molar refractivity (Wildman–Crippen MR) is 115 cm³/mol. The van der Waals surface area contributed by atoms with Gasteiger partial charge in [-0.1, -0.05) is 12.1 Å². The maximum atomic E-state index is 11.5. The van der Waals surface area contributed by atoms with Crippen LogP contribution in [0.2, 0.25) is 0 Å². The molecular formula is C24H20N4O3. The Balaban J connectivity index is 1.39. The van der Waals surface area contributed by atoms with E-state index in [4.69, 9.17) is 9.68 Å². The fourth-order valence-electron chi connectivity index (χ4n) is 3.17. The number of nitriles is 1. The fourth-order valence-corrected chi connectivity index (χ4v) is 3.17. The minimum atomic E-state index is -0.498. The quantitative estimate of drug-likeness (QED) is 0.451. The van der Waals surface area contributed by atoms with Crippen molar-refractivity contribution >= 4 is 11.7 Å². The second-order valence-corrected chi connectivity index (χ2v) is 6.91. The van der Waals surface area contributed by atoms with Crippen LogP contribution in [0.4, 0.5) is 5.69 Å². The highest BCUT2D eigenvalue weighted by Crippen LogP contribution is 2.24. The van der Waals surface area contributed by atoms with Gasteiger partial charge in [-0.25, -0.2) is 9.78 Å². The highest BCUT2D eigenvalue weighted by atomic mass is 16.5. The first-order chi connectivity index (χ1) is 15.2. The number of hydrogen-bond acceptors (Lipinski definition) is 6. The zero-order valence-electron chi connectivity index (χ0n) is 16.9. The molecule has 31 heavy (non-hydrogen) atoms. The number of rotatable bonds is 7. The molecule has 0 radical (unpaired) electrons. The van der Waals surface area contributed by atoms with Crippen LogP contribution in [0.15, 0.2) is 77.6 Å². The molecule has 4 rings (SSSR count). The van der Waals surface area contributed by atoms with E-state index in [1.807, 2.05) is 54.7 Å². The van der Waals surface area contributed by atoms with Crippen LogP contribution in [-0.4, -0.2) is 22.6 Å². The highest BCUT2D eigenvalue weighted by Gasteiger charge is 2.12. The molecule has 2 aromatic carbocycles. The van der Waals surface area contributed by atoms with Gasteiger partial charge in [0.05, 0.1) is 37.3 Å². The van der Waals surface area contributed by atoms with Crippen LogP contribution in [0.1, 0.15) is 27.4 Å². The van der Waals surface area contributed by atoms with Crippen molar-refractivity contribution in [2.45, 2.75) is 13.1 Å². The summed E-state index contributed by atoms with van der Waals surface area (Å²) in [5, 5.41) is 12.3. The standard InChI is InChI=1S/C24H20N4O3/c1-30-24(29)23-11-10-22(31-23)19-6-8-20(9-7-19)27-14-21-13-26-16-28(21)15-18-4-2-17(12-25)3-5-18/h2-11,13,16,27H,14-15H2,1H3. The summed E-state index contributed by atoms with van der Waals surface area (Å²) in [5.41, 5.74) is 4.62. The van der Waals surface area contributed by atoms with Crippen LogP contribution in [-0.2, 0) is 17.8 Å². The lowest BCUT2D eigenvalue weighted by molar-refractivity contribution is 0.0566. The van der Waals surface area contributed by atoms with Crippen molar-refractivity contribution in [2.24, 2.45) is 0 Å². The molecule has 0 spiro atoms. The van der Waals surface area contributed by atoms with Gasteiger partial charge in [0.15, 0.2) is 0 Å². The summed E-state index contributed by atoms with van der Waals surface area (Å²) < 4.78 is 12.3. The average molecular weight is 412 g/mol. The molecule has 0 aliphatic carbocycles. The molecule has 7 nitrogen and oxygen atoms in total. The van der Waals surface area contributed by atoms with Gasteiger partial charge in [-0.15, -0.1) is 0 Å². The number of carbonyl (C=O) groups excluding carboxylic acids is 1. The van der Waals surface area contributed by atoms with E-state index >= 15 is 0 Å². The number of esters is 1. The predicted octanol–water partition coefficient (Wildman–Crippen LogP) is 4.46. The van der Waals surface area contributed by atoms with Crippen LogP contribution in [0.25, 0.3) is 11.3 Å². The Kier molecular flexibility index (Phi) is 5.81. The first-order valence-corrected chi connectivity index (χ1v) is 9.67. The molecule has 0 unspecified atom stereocenters. The van der Waals surface area contributed by atoms with Crippen molar-refractivity contribution in [3.05, 3.63) is 95.8 Å². The number of furan rings is 1. The maximum Gasteiger partial charge on any atom is 0.373 e. The number of carbonyl (C=O) groups is 1. The van der Waals surface area contributed by atoms with E-state index in [1.165, 1.54) is 7.11 Å². The van der Waals surface area contributed by atoms with Gasteiger partial charge in [-0.2, -0.15) is 5.26 Å². The summed E-state index contributed by atoms with van der Waals surface area (Å²) in [5.74, 6) is 0.282. The smallest absolute Gasteiger partial charge is 0.373 e. The molecule has 1 N–H and O–H groups in total. The number of nitrogens with zero attached hydrogens (tertiary/aromatic N) is 3. The topological polar surface area (TPSA) is 93.1 Å². The molecule has 0 fully saturated rings. The number of anilines is 1. The lowest BCUT2D eigenvalue weighted by Crippen LogP contribution is -2.08. The molecular weight excluding hydrogens is 392 g/mol. The van der Waals surface area contributed by atoms with Crippen molar-refractivity contribution < 1.29 is 13.9 Å². The Morgan fingerprint density at radius 1 is 1.13 bits per heavy atom. The summed E-state index contributed by atoms with van der Waals surface area (Å²) in [4.78, 5) is 15.8. The van der Waals surface area contributed by atoms with Crippen LogP contribution in [0.5, 0.6) is 0 Å². The third-order valence-corrected chi connectivity index (χ3v) is 4.87. The van der Waals surface area contributed by atoms with Gasteiger partial charge in [0.25, 0.3) is 0 Å². The third kappa shape index (κ3) is 4.65. The number of imidazole rings is 1. The van der Waals surface area contributed by atoms with Gasteiger partial charge in [-0.05, 0) is 54.1 Å². The van der Waals surface area contributed by atoms with Gasteiger partial charge in [0, 0.05) is 24.0 Å². The van der Waals surface area contributed by atoms with E-state index in [2.05, 4.69) is 25.7 Å². The Bertz CT molecular complexity index is 1210. The number of benzene rings is 2. The van der Waals surface area contributed by atoms with E-state index in [9.17, 15) is 4.79 Å². The molecule has 0 bridgehead atoms. The zero-order valence-corrected chi connectivity index (χ0v) is 16.9. The number of nitrogens with one attached hydrogen (secondary N) is 1.